The number of hydrogen-bond donors (Lipinski definition) is 0. The minimum absolute atomic E-state index is 0.583. The van der Waals surface area contributed by atoms with E-state index in [4.69, 9.17) is 0 Å². The van der Waals surface area contributed by atoms with Gasteiger partial charge in [0, 0.05) is 0 Å². The van der Waals surface area contributed by atoms with Crippen LogP contribution in [0.4, 0.5) is 0 Å². The van der Waals surface area contributed by atoms with Crippen LogP contribution < -0.4 is 0 Å². The molecule has 0 atom stereocenters. The minimum atomic E-state index is 0.583. The van der Waals surface area contributed by atoms with Gasteiger partial charge in [0.25, 0.3) is 0 Å². The Kier molecular flexibility index (Phi) is 3.86. The second-order valence-electron chi connectivity index (χ2n) is 5.56. The van der Waals surface area contributed by atoms with Crippen LogP contribution in [0.25, 0.3) is 11.1 Å². The molecule has 2 rings (SSSR count). The summed E-state index contributed by atoms with van der Waals surface area (Å²) in [6, 6.07) is 17.8. The van der Waals surface area contributed by atoms with Gasteiger partial charge in [0.15, 0.2) is 0 Å². The van der Waals surface area contributed by atoms with Crippen LogP contribution in [0.1, 0.15) is 50.7 Å². The van der Waals surface area contributed by atoms with Gasteiger partial charge in [-0.1, -0.05) is 76.2 Å². The molecule has 2 aromatic carbocycles. The average Bonchev–Trinajstić information content (AvgIpc) is 2.39. The maximum absolute atomic E-state index is 2.30. The van der Waals surface area contributed by atoms with Crippen molar-refractivity contribution in [1.29, 1.82) is 0 Å². The Morgan fingerprint density at radius 2 is 1.22 bits per heavy atom. The Morgan fingerprint density at radius 1 is 0.611 bits per heavy atom. The lowest BCUT2D eigenvalue weighted by molar-refractivity contribution is 0.866. The summed E-state index contributed by atoms with van der Waals surface area (Å²) in [5.74, 6) is 1.18. The van der Waals surface area contributed by atoms with E-state index in [1.165, 1.54) is 22.3 Å². The highest BCUT2D eigenvalue weighted by Gasteiger charge is 2.03. The molecule has 0 fully saturated rings. The second kappa shape index (κ2) is 5.39. The fourth-order valence-corrected chi connectivity index (χ4v) is 2.14. The van der Waals surface area contributed by atoms with E-state index in [9.17, 15) is 0 Å². The Hall–Kier alpha value is -1.56. The molecule has 0 radical (unpaired) electrons. The molecule has 2 aromatic rings. The smallest absolute Gasteiger partial charge is 0.0181 e. The molecule has 0 aliphatic carbocycles. The van der Waals surface area contributed by atoms with Crippen LogP contribution in [0.15, 0.2) is 48.5 Å². The standard InChI is InChI=1S/C18H22/c1-13(2)15-8-10-16(11-9-15)18-7-5-6-17(12-18)14(3)4/h5-14H,1-4H3. The molecular weight excluding hydrogens is 216 g/mol. The molecular formula is C18H22. The summed E-state index contributed by atoms with van der Waals surface area (Å²) in [5, 5.41) is 0. The quantitative estimate of drug-likeness (QED) is 0.653. The molecule has 0 nitrogen and oxygen atoms in total. The van der Waals surface area contributed by atoms with Crippen molar-refractivity contribution in [2.45, 2.75) is 39.5 Å². The molecule has 18 heavy (non-hydrogen) atoms. The zero-order valence-electron chi connectivity index (χ0n) is 11.8. The van der Waals surface area contributed by atoms with Gasteiger partial charge in [-0.05, 0) is 34.1 Å². The normalized spacial score (nSPS) is 11.2. The largest absolute Gasteiger partial charge is 0.0614 e. The van der Waals surface area contributed by atoms with E-state index in [1.54, 1.807) is 0 Å². The lowest BCUT2D eigenvalue weighted by atomic mass is 9.95. The van der Waals surface area contributed by atoms with Crippen molar-refractivity contribution in [2.24, 2.45) is 0 Å². The third-order valence-electron chi connectivity index (χ3n) is 3.46. The Balaban J connectivity index is 2.33. The molecule has 0 heteroatoms. The first-order chi connectivity index (χ1) is 8.58. The molecule has 0 bridgehead atoms. The molecule has 0 amide bonds. The van der Waals surface area contributed by atoms with Crippen molar-refractivity contribution in [3.63, 3.8) is 0 Å². The topological polar surface area (TPSA) is 0 Å². The van der Waals surface area contributed by atoms with Gasteiger partial charge in [-0.15, -0.1) is 0 Å². The molecule has 94 valence electrons. The molecule has 0 aliphatic heterocycles. The number of rotatable bonds is 3. The van der Waals surface area contributed by atoms with Crippen molar-refractivity contribution in [3.05, 3.63) is 59.7 Å². The van der Waals surface area contributed by atoms with Crippen molar-refractivity contribution in [2.75, 3.05) is 0 Å². The third kappa shape index (κ3) is 2.81. The van der Waals surface area contributed by atoms with Gasteiger partial charge in [0.2, 0.25) is 0 Å². The SMILES string of the molecule is CC(C)c1ccc(-c2cccc(C(C)C)c2)cc1. The summed E-state index contributed by atoms with van der Waals surface area (Å²) < 4.78 is 0. The van der Waals surface area contributed by atoms with Crippen LogP contribution >= 0.6 is 0 Å². The first kappa shape index (κ1) is 12.9. The number of hydrogen-bond acceptors (Lipinski definition) is 0. The molecule has 0 N–H and O–H groups in total. The summed E-state index contributed by atoms with van der Waals surface area (Å²) in [4.78, 5) is 0. The van der Waals surface area contributed by atoms with Crippen LogP contribution in [0, 0.1) is 0 Å². The molecule has 0 aliphatic rings. The summed E-state index contributed by atoms with van der Waals surface area (Å²) in [6.45, 7) is 8.94. The van der Waals surface area contributed by atoms with Gasteiger partial charge < -0.3 is 0 Å². The van der Waals surface area contributed by atoms with Gasteiger partial charge in [-0.25, -0.2) is 0 Å². The first-order valence-corrected chi connectivity index (χ1v) is 6.78. The minimum Gasteiger partial charge on any atom is -0.0614 e. The fraction of sp³-hybridized carbons (Fsp3) is 0.333. The van der Waals surface area contributed by atoms with Crippen molar-refractivity contribution in [3.8, 4) is 11.1 Å². The zero-order valence-corrected chi connectivity index (χ0v) is 11.8. The molecule has 0 saturated carbocycles. The summed E-state index contributed by atoms with van der Waals surface area (Å²) in [7, 11) is 0. The predicted octanol–water partition coefficient (Wildman–Crippen LogP) is 5.60. The van der Waals surface area contributed by atoms with E-state index >= 15 is 0 Å². The van der Waals surface area contributed by atoms with Crippen LogP contribution in [0.3, 0.4) is 0 Å². The highest BCUT2D eigenvalue weighted by molar-refractivity contribution is 5.64. The summed E-state index contributed by atoms with van der Waals surface area (Å²) >= 11 is 0. The highest BCUT2D eigenvalue weighted by Crippen LogP contribution is 2.25. The van der Waals surface area contributed by atoms with E-state index < -0.39 is 0 Å². The molecule has 0 saturated heterocycles. The van der Waals surface area contributed by atoms with Crippen molar-refractivity contribution in [1.82, 2.24) is 0 Å². The number of benzene rings is 2. The maximum Gasteiger partial charge on any atom is -0.0181 e. The molecule has 0 aromatic heterocycles. The third-order valence-corrected chi connectivity index (χ3v) is 3.46. The van der Waals surface area contributed by atoms with E-state index in [0.717, 1.165) is 0 Å². The Bertz CT molecular complexity index is 504. The van der Waals surface area contributed by atoms with E-state index in [2.05, 4.69) is 76.2 Å². The maximum atomic E-state index is 2.30. The Labute approximate surface area is 111 Å². The lowest BCUT2D eigenvalue weighted by Gasteiger charge is -2.10. The van der Waals surface area contributed by atoms with Crippen LogP contribution in [0.2, 0.25) is 0 Å². The van der Waals surface area contributed by atoms with E-state index in [1.807, 2.05) is 0 Å². The summed E-state index contributed by atoms with van der Waals surface area (Å²) in [5.41, 5.74) is 5.43. The van der Waals surface area contributed by atoms with Gasteiger partial charge in [0.05, 0.1) is 0 Å². The monoisotopic (exact) mass is 238 g/mol. The van der Waals surface area contributed by atoms with Crippen molar-refractivity contribution >= 4 is 0 Å². The molecule has 0 unspecified atom stereocenters. The van der Waals surface area contributed by atoms with Gasteiger partial charge >= 0.3 is 0 Å². The molecule has 0 heterocycles. The Morgan fingerprint density at radius 3 is 1.78 bits per heavy atom. The van der Waals surface area contributed by atoms with Crippen LogP contribution in [0.5, 0.6) is 0 Å². The van der Waals surface area contributed by atoms with Crippen molar-refractivity contribution < 1.29 is 0 Å². The van der Waals surface area contributed by atoms with Gasteiger partial charge in [-0.3, -0.25) is 0 Å². The average molecular weight is 238 g/mol. The zero-order chi connectivity index (χ0) is 13.1. The predicted molar refractivity (Wildman–Crippen MR) is 80.1 cm³/mol. The fourth-order valence-electron chi connectivity index (χ4n) is 2.14. The second-order valence-corrected chi connectivity index (χ2v) is 5.56. The summed E-state index contributed by atoms with van der Waals surface area (Å²) in [6.07, 6.45) is 0. The van der Waals surface area contributed by atoms with E-state index in [0.29, 0.717) is 11.8 Å². The first-order valence-electron chi connectivity index (χ1n) is 6.78. The lowest BCUT2D eigenvalue weighted by Crippen LogP contribution is -1.89. The molecule has 0 spiro atoms. The van der Waals surface area contributed by atoms with Gasteiger partial charge in [-0.2, -0.15) is 0 Å². The van der Waals surface area contributed by atoms with E-state index in [-0.39, 0.29) is 0 Å². The highest BCUT2D eigenvalue weighted by atomic mass is 14.1. The van der Waals surface area contributed by atoms with Crippen LogP contribution in [-0.2, 0) is 0 Å². The van der Waals surface area contributed by atoms with Gasteiger partial charge in [0.1, 0.15) is 0 Å². The van der Waals surface area contributed by atoms with Crippen LogP contribution in [-0.4, -0.2) is 0 Å².